The summed E-state index contributed by atoms with van der Waals surface area (Å²) in [5.74, 6) is -0.189. The summed E-state index contributed by atoms with van der Waals surface area (Å²) >= 11 is 6.01. The normalized spacial score (nSPS) is 14.2. The summed E-state index contributed by atoms with van der Waals surface area (Å²) in [6, 6.07) is 5.23. The number of hydrogen-bond donors (Lipinski definition) is 2. The van der Waals surface area contributed by atoms with E-state index >= 15 is 0 Å². The Bertz CT molecular complexity index is 406. The van der Waals surface area contributed by atoms with Gasteiger partial charge in [-0.25, -0.2) is 0 Å². The van der Waals surface area contributed by atoms with Crippen molar-refractivity contribution in [2.24, 2.45) is 5.92 Å². The van der Waals surface area contributed by atoms with E-state index in [1.54, 1.807) is 12.1 Å². The molecule has 0 saturated heterocycles. The standard InChI is InChI=1S/C13H18ClNO2/c1-8-4-5-11(12(14)6-8)13(17)15-10(3)9(2)7-16/h4-6,9-10,16H,7H2,1-3H3,(H,15,17). The van der Waals surface area contributed by atoms with E-state index in [0.717, 1.165) is 5.56 Å². The van der Waals surface area contributed by atoms with Gasteiger partial charge in [-0.2, -0.15) is 0 Å². The largest absolute Gasteiger partial charge is 0.396 e. The van der Waals surface area contributed by atoms with E-state index < -0.39 is 0 Å². The SMILES string of the molecule is Cc1ccc(C(=O)NC(C)C(C)CO)c(Cl)c1. The number of benzene rings is 1. The van der Waals surface area contributed by atoms with Gasteiger partial charge in [0.15, 0.2) is 0 Å². The van der Waals surface area contributed by atoms with Crippen molar-refractivity contribution >= 4 is 17.5 Å². The third kappa shape index (κ3) is 3.72. The molecule has 0 spiro atoms. The molecule has 3 nitrogen and oxygen atoms in total. The maximum atomic E-state index is 11.9. The summed E-state index contributed by atoms with van der Waals surface area (Å²) in [5, 5.41) is 12.3. The highest BCUT2D eigenvalue weighted by Gasteiger charge is 2.16. The predicted molar refractivity (Wildman–Crippen MR) is 69.4 cm³/mol. The molecular weight excluding hydrogens is 238 g/mol. The predicted octanol–water partition coefficient (Wildman–Crippen LogP) is 2.40. The lowest BCUT2D eigenvalue weighted by Crippen LogP contribution is -2.38. The smallest absolute Gasteiger partial charge is 0.253 e. The van der Waals surface area contributed by atoms with Crippen molar-refractivity contribution < 1.29 is 9.90 Å². The molecule has 0 aliphatic rings. The first-order valence-corrected chi connectivity index (χ1v) is 6.01. The van der Waals surface area contributed by atoms with Gasteiger partial charge >= 0.3 is 0 Å². The number of hydrogen-bond acceptors (Lipinski definition) is 2. The Morgan fingerprint density at radius 2 is 2.12 bits per heavy atom. The highest BCUT2D eigenvalue weighted by atomic mass is 35.5. The van der Waals surface area contributed by atoms with Gasteiger partial charge in [-0.05, 0) is 37.5 Å². The Labute approximate surface area is 107 Å². The zero-order chi connectivity index (χ0) is 13.0. The summed E-state index contributed by atoms with van der Waals surface area (Å²) in [7, 11) is 0. The average Bonchev–Trinajstić information content (AvgIpc) is 2.27. The van der Waals surface area contributed by atoms with E-state index in [2.05, 4.69) is 5.32 Å². The van der Waals surface area contributed by atoms with Gasteiger partial charge in [-0.1, -0.05) is 24.6 Å². The number of halogens is 1. The topological polar surface area (TPSA) is 49.3 Å². The molecule has 1 aromatic carbocycles. The molecule has 0 radical (unpaired) electrons. The highest BCUT2D eigenvalue weighted by Crippen LogP contribution is 2.17. The highest BCUT2D eigenvalue weighted by molar-refractivity contribution is 6.33. The Morgan fingerprint density at radius 3 is 2.65 bits per heavy atom. The van der Waals surface area contributed by atoms with E-state index in [0.29, 0.717) is 10.6 Å². The minimum Gasteiger partial charge on any atom is -0.396 e. The van der Waals surface area contributed by atoms with Crippen LogP contribution in [-0.2, 0) is 0 Å². The number of aryl methyl sites for hydroxylation is 1. The fraction of sp³-hybridized carbons (Fsp3) is 0.462. The van der Waals surface area contributed by atoms with E-state index in [4.69, 9.17) is 16.7 Å². The average molecular weight is 256 g/mol. The van der Waals surface area contributed by atoms with Crippen molar-refractivity contribution in [3.63, 3.8) is 0 Å². The lowest BCUT2D eigenvalue weighted by atomic mass is 10.0. The van der Waals surface area contributed by atoms with Crippen molar-refractivity contribution in [3.8, 4) is 0 Å². The molecule has 0 saturated carbocycles. The van der Waals surface area contributed by atoms with Gasteiger partial charge in [-0.3, -0.25) is 4.79 Å². The molecule has 0 aliphatic heterocycles. The number of carbonyl (C=O) groups is 1. The van der Waals surface area contributed by atoms with Crippen LogP contribution in [0, 0.1) is 12.8 Å². The summed E-state index contributed by atoms with van der Waals surface area (Å²) in [6.07, 6.45) is 0. The molecule has 0 bridgehead atoms. The third-order valence-electron chi connectivity index (χ3n) is 2.87. The van der Waals surface area contributed by atoms with Crippen LogP contribution in [0.5, 0.6) is 0 Å². The van der Waals surface area contributed by atoms with Crippen LogP contribution in [0.2, 0.25) is 5.02 Å². The summed E-state index contributed by atoms with van der Waals surface area (Å²) in [6.45, 7) is 5.70. The molecule has 4 heteroatoms. The first-order valence-electron chi connectivity index (χ1n) is 5.63. The van der Waals surface area contributed by atoms with Crippen LogP contribution in [0.15, 0.2) is 18.2 Å². The van der Waals surface area contributed by atoms with E-state index in [1.807, 2.05) is 26.8 Å². The molecule has 1 amide bonds. The summed E-state index contributed by atoms with van der Waals surface area (Å²) in [4.78, 5) is 11.9. The van der Waals surface area contributed by atoms with Gasteiger partial charge in [0.05, 0.1) is 10.6 Å². The molecule has 2 atom stereocenters. The minimum absolute atomic E-state index is 0.0168. The second-order valence-corrected chi connectivity index (χ2v) is 4.81. The van der Waals surface area contributed by atoms with E-state index in [9.17, 15) is 4.79 Å². The van der Waals surface area contributed by atoms with Gasteiger partial charge in [0.2, 0.25) is 0 Å². The third-order valence-corrected chi connectivity index (χ3v) is 3.18. The lowest BCUT2D eigenvalue weighted by Gasteiger charge is -2.19. The quantitative estimate of drug-likeness (QED) is 0.868. The van der Waals surface area contributed by atoms with Gasteiger partial charge in [0.1, 0.15) is 0 Å². The fourth-order valence-corrected chi connectivity index (χ4v) is 1.71. The summed E-state index contributed by atoms with van der Waals surface area (Å²) in [5.41, 5.74) is 1.48. The van der Waals surface area contributed by atoms with Crippen molar-refractivity contribution in [3.05, 3.63) is 34.3 Å². The number of rotatable bonds is 4. The number of amides is 1. The van der Waals surface area contributed by atoms with Gasteiger partial charge in [0.25, 0.3) is 5.91 Å². The van der Waals surface area contributed by atoms with Crippen molar-refractivity contribution in [1.29, 1.82) is 0 Å². The van der Waals surface area contributed by atoms with Crippen LogP contribution in [0.25, 0.3) is 0 Å². The van der Waals surface area contributed by atoms with Crippen molar-refractivity contribution in [2.45, 2.75) is 26.8 Å². The lowest BCUT2D eigenvalue weighted by molar-refractivity contribution is 0.0916. The second-order valence-electron chi connectivity index (χ2n) is 4.41. The molecule has 2 N–H and O–H groups in total. The molecule has 94 valence electrons. The first-order chi connectivity index (χ1) is 7.95. The molecular formula is C13H18ClNO2. The van der Waals surface area contributed by atoms with Crippen LogP contribution >= 0.6 is 11.6 Å². The van der Waals surface area contributed by atoms with Crippen molar-refractivity contribution in [2.75, 3.05) is 6.61 Å². The maximum absolute atomic E-state index is 11.9. The molecule has 2 unspecified atom stereocenters. The van der Waals surface area contributed by atoms with Gasteiger partial charge in [0, 0.05) is 12.6 Å². The minimum atomic E-state index is -0.206. The Morgan fingerprint density at radius 1 is 1.47 bits per heavy atom. The van der Waals surface area contributed by atoms with Crippen molar-refractivity contribution in [1.82, 2.24) is 5.32 Å². The Balaban J connectivity index is 2.76. The molecule has 0 aliphatic carbocycles. The van der Waals surface area contributed by atoms with Gasteiger partial charge < -0.3 is 10.4 Å². The summed E-state index contributed by atoms with van der Waals surface area (Å²) < 4.78 is 0. The number of aliphatic hydroxyl groups excluding tert-OH is 1. The number of carbonyl (C=O) groups excluding carboxylic acids is 1. The second kappa shape index (κ2) is 6.03. The zero-order valence-corrected chi connectivity index (χ0v) is 11.1. The molecule has 17 heavy (non-hydrogen) atoms. The monoisotopic (exact) mass is 255 g/mol. The van der Waals surface area contributed by atoms with Crippen LogP contribution in [0.4, 0.5) is 0 Å². The molecule has 0 fully saturated rings. The van der Waals surface area contributed by atoms with Crippen LogP contribution < -0.4 is 5.32 Å². The Hall–Kier alpha value is -1.06. The molecule has 0 heterocycles. The van der Waals surface area contributed by atoms with Crippen LogP contribution in [-0.4, -0.2) is 23.7 Å². The van der Waals surface area contributed by atoms with E-state index in [-0.39, 0.29) is 24.5 Å². The van der Waals surface area contributed by atoms with Gasteiger partial charge in [-0.15, -0.1) is 0 Å². The van der Waals surface area contributed by atoms with Crippen LogP contribution in [0.3, 0.4) is 0 Å². The zero-order valence-electron chi connectivity index (χ0n) is 10.3. The van der Waals surface area contributed by atoms with Crippen LogP contribution in [0.1, 0.15) is 29.8 Å². The maximum Gasteiger partial charge on any atom is 0.253 e. The Kier molecular flexibility index (Phi) is 4.97. The molecule has 1 rings (SSSR count). The molecule has 1 aromatic rings. The number of aliphatic hydroxyl groups is 1. The first kappa shape index (κ1) is 14.0. The van der Waals surface area contributed by atoms with E-state index in [1.165, 1.54) is 0 Å². The molecule has 0 aromatic heterocycles. The number of nitrogens with one attached hydrogen (secondary N) is 1. The fourth-order valence-electron chi connectivity index (χ4n) is 1.39.